The third-order valence-electron chi connectivity index (χ3n) is 3.80. The molecule has 26 heavy (non-hydrogen) atoms. The largest absolute Gasteiger partial charge is 0.454 e. The smallest absolute Gasteiger partial charge is 0.339 e. The van der Waals surface area contributed by atoms with Gasteiger partial charge in [-0.15, -0.1) is 0 Å². The predicted octanol–water partition coefficient (Wildman–Crippen LogP) is 2.80. The van der Waals surface area contributed by atoms with Crippen LogP contribution in [0, 0.1) is 0 Å². The molecule has 3 rings (SSSR count). The van der Waals surface area contributed by atoms with Crippen molar-refractivity contribution in [3.63, 3.8) is 0 Å². The number of ether oxygens (including phenoxy) is 3. The highest BCUT2D eigenvalue weighted by Crippen LogP contribution is 2.32. The van der Waals surface area contributed by atoms with Crippen molar-refractivity contribution in [2.24, 2.45) is 0 Å². The molecular formula is C19H17NO6. The van der Waals surface area contributed by atoms with Gasteiger partial charge in [0.25, 0.3) is 5.91 Å². The highest BCUT2D eigenvalue weighted by Gasteiger charge is 2.22. The van der Waals surface area contributed by atoms with Crippen LogP contribution in [0.2, 0.25) is 0 Å². The molecule has 0 spiro atoms. The number of esters is 1. The predicted molar refractivity (Wildman–Crippen MR) is 92.5 cm³/mol. The van der Waals surface area contributed by atoms with Gasteiger partial charge in [0.15, 0.2) is 23.4 Å². The summed E-state index contributed by atoms with van der Waals surface area (Å²) in [6.45, 7) is 3.01. The summed E-state index contributed by atoms with van der Waals surface area (Å²) in [4.78, 5) is 35.8. The van der Waals surface area contributed by atoms with Gasteiger partial charge in [-0.1, -0.05) is 12.1 Å². The van der Waals surface area contributed by atoms with Gasteiger partial charge in [0.05, 0.1) is 5.56 Å². The number of nitrogens with one attached hydrogen (secondary N) is 1. The molecular weight excluding hydrogens is 338 g/mol. The summed E-state index contributed by atoms with van der Waals surface area (Å²) in [5, 5.41) is 2.62. The fourth-order valence-electron chi connectivity index (χ4n) is 2.37. The van der Waals surface area contributed by atoms with Crippen LogP contribution in [0.1, 0.15) is 34.6 Å². The number of rotatable bonds is 5. The van der Waals surface area contributed by atoms with Crippen molar-refractivity contribution in [1.29, 1.82) is 0 Å². The minimum atomic E-state index is -1.02. The van der Waals surface area contributed by atoms with Gasteiger partial charge >= 0.3 is 5.97 Å². The molecule has 0 unspecified atom stereocenters. The molecule has 7 heteroatoms. The van der Waals surface area contributed by atoms with Crippen LogP contribution < -0.4 is 14.8 Å². The zero-order valence-corrected chi connectivity index (χ0v) is 14.3. The summed E-state index contributed by atoms with van der Waals surface area (Å²) in [6.07, 6.45) is -1.02. The van der Waals surface area contributed by atoms with Gasteiger partial charge in [0, 0.05) is 11.3 Å². The lowest BCUT2D eigenvalue weighted by Gasteiger charge is -2.14. The maximum atomic E-state index is 12.2. The summed E-state index contributed by atoms with van der Waals surface area (Å²) in [5.41, 5.74) is 1.19. The quantitative estimate of drug-likeness (QED) is 0.655. The SMILES string of the molecule is CC(=O)c1cccc(NC(=O)[C@H](C)OC(=O)c2ccc3c(c2)OCO3)c1. The first kappa shape index (κ1) is 17.5. The molecule has 1 atom stereocenters. The maximum Gasteiger partial charge on any atom is 0.339 e. The zero-order valence-electron chi connectivity index (χ0n) is 14.3. The number of carbonyl (C=O) groups excluding carboxylic acids is 3. The number of hydrogen-bond donors (Lipinski definition) is 1. The van der Waals surface area contributed by atoms with Crippen LogP contribution in [-0.2, 0) is 9.53 Å². The average molecular weight is 355 g/mol. The fraction of sp³-hybridized carbons (Fsp3) is 0.211. The second-order valence-corrected chi connectivity index (χ2v) is 5.74. The van der Waals surface area contributed by atoms with Crippen LogP contribution in [-0.4, -0.2) is 30.6 Å². The van der Waals surface area contributed by atoms with E-state index in [4.69, 9.17) is 14.2 Å². The van der Waals surface area contributed by atoms with E-state index in [9.17, 15) is 14.4 Å². The molecule has 0 aliphatic carbocycles. The van der Waals surface area contributed by atoms with Crippen LogP contribution >= 0.6 is 0 Å². The standard InChI is InChI=1S/C19H17NO6/c1-11(21)13-4-3-5-15(8-13)20-18(22)12(2)26-19(23)14-6-7-16-17(9-14)25-10-24-16/h3-9,12H,10H2,1-2H3,(H,20,22)/t12-/m0/s1. The highest BCUT2D eigenvalue weighted by molar-refractivity contribution is 5.99. The molecule has 1 aliphatic rings. The number of anilines is 1. The van der Waals surface area contributed by atoms with E-state index in [1.165, 1.54) is 26.0 Å². The molecule has 0 fully saturated rings. The number of fused-ring (bicyclic) bond motifs is 1. The Bertz CT molecular complexity index is 876. The Balaban J connectivity index is 1.63. The Hall–Kier alpha value is -3.35. The van der Waals surface area contributed by atoms with E-state index >= 15 is 0 Å². The van der Waals surface area contributed by atoms with Crippen molar-refractivity contribution in [3.05, 3.63) is 53.6 Å². The second-order valence-electron chi connectivity index (χ2n) is 5.74. The molecule has 0 aromatic heterocycles. The molecule has 1 amide bonds. The van der Waals surface area contributed by atoms with Crippen LogP contribution in [0.5, 0.6) is 11.5 Å². The number of Topliss-reactive ketones (excluding diaryl/α,β-unsaturated/α-hetero) is 1. The van der Waals surface area contributed by atoms with Gasteiger partial charge in [-0.05, 0) is 44.2 Å². The molecule has 0 radical (unpaired) electrons. The maximum absolute atomic E-state index is 12.2. The van der Waals surface area contributed by atoms with Gasteiger partial charge in [-0.2, -0.15) is 0 Å². The summed E-state index contributed by atoms with van der Waals surface area (Å²) in [5.74, 6) is -0.248. The van der Waals surface area contributed by atoms with Crippen molar-refractivity contribution in [2.75, 3.05) is 12.1 Å². The van der Waals surface area contributed by atoms with Crippen molar-refractivity contribution >= 4 is 23.3 Å². The van der Waals surface area contributed by atoms with E-state index in [0.717, 1.165) is 0 Å². The van der Waals surface area contributed by atoms with Crippen LogP contribution in [0.3, 0.4) is 0 Å². The van der Waals surface area contributed by atoms with Crippen LogP contribution in [0.15, 0.2) is 42.5 Å². The normalized spacial score (nSPS) is 13.0. The third-order valence-corrected chi connectivity index (χ3v) is 3.80. The van der Waals surface area contributed by atoms with Crippen LogP contribution in [0.4, 0.5) is 5.69 Å². The number of carbonyl (C=O) groups is 3. The molecule has 1 N–H and O–H groups in total. The third kappa shape index (κ3) is 3.83. The van der Waals surface area contributed by atoms with E-state index < -0.39 is 18.0 Å². The molecule has 0 saturated carbocycles. The lowest BCUT2D eigenvalue weighted by molar-refractivity contribution is -0.123. The first-order chi connectivity index (χ1) is 12.4. The number of amides is 1. The van der Waals surface area contributed by atoms with E-state index in [2.05, 4.69) is 5.32 Å². The van der Waals surface area contributed by atoms with Gasteiger partial charge < -0.3 is 19.5 Å². The Morgan fingerprint density at radius 3 is 2.58 bits per heavy atom. The van der Waals surface area contributed by atoms with E-state index in [0.29, 0.717) is 22.7 Å². The fourth-order valence-corrected chi connectivity index (χ4v) is 2.37. The summed E-state index contributed by atoms with van der Waals surface area (Å²) in [6, 6.07) is 11.2. The average Bonchev–Trinajstić information content (AvgIpc) is 3.09. The number of hydrogen-bond acceptors (Lipinski definition) is 6. The minimum Gasteiger partial charge on any atom is -0.454 e. The Labute approximate surface area is 149 Å². The molecule has 0 bridgehead atoms. The van der Waals surface area contributed by atoms with Gasteiger partial charge in [-0.25, -0.2) is 4.79 Å². The summed E-state index contributed by atoms with van der Waals surface area (Å²) in [7, 11) is 0. The van der Waals surface area contributed by atoms with Crippen LogP contribution in [0.25, 0.3) is 0 Å². The van der Waals surface area contributed by atoms with Gasteiger partial charge in [0.2, 0.25) is 6.79 Å². The van der Waals surface area contributed by atoms with Gasteiger partial charge in [0.1, 0.15) is 0 Å². The zero-order chi connectivity index (χ0) is 18.7. The van der Waals surface area contributed by atoms with Crippen molar-refractivity contribution in [1.82, 2.24) is 0 Å². The topological polar surface area (TPSA) is 90.9 Å². The number of benzene rings is 2. The first-order valence-corrected chi connectivity index (χ1v) is 7.96. The molecule has 0 saturated heterocycles. The Morgan fingerprint density at radius 1 is 1.04 bits per heavy atom. The first-order valence-electron chi connectivity index (χ1n) is 7.96. The molecule has 1 aliphatic heterocycles. The second kappa shape index (κ2) is 7.26. The molecule has 1 heterocycles. The Kier molecular flexibility index (Phi) is 4.88. The summed E-state index contributed by atoms with van der Waals surface area (Å²) >= 11 is 0. The molecule has 7 nitrogen and oxygen atoms in total. The summed E-state index contributed by atoms with van der Waals surface area (Å²) < 4.78 is 15.6. The lowest BCUT2D eigenvalue weighted by atomic mass is 10.1. The van der Waals surface area contributed by atoms with Crippen molar-refractivity contribution < 1.29 is 28.6 Å². The minimum absolute atomic E-state index is 0.103. The van der Waals surface area contributed by atoms with E-state index in [1.54, 1.807) is 30.3 Å². The van der Waals surface area contributed by atoms with Crippen molar-refractivity contribution in [3.8, 4) is 11.5 Å². The molecule has 2 aromatic carbocycles. The van der Waals surface area contributed by atoms with Gasteiger partial charge in [-0.3, -0.25) is 9.59 Å². The molecule has 2 aromatic rings. The highest BCUT2D eigenvalue weighted by atomic mass is 16.7. The lowest BCUT2D eigenvalue weighted by Crippen LogP contribution is -2.30. The van der Waals surface area contributed by atoms with E-state index in [1.807, 2.05) is 0 Å². The van der Waals surface area contributed by atoms with Crippen molar-refractivity contribution in [2.45, 2.75) is 20.0 Å². The molecule has 134 valence electrons. The van der Waals surface area contributed by atoms with E-state index in [-0.39, 0.29) is 18.1 Å². The Morgan fingerprint density at radius 2 is 1.81 bits per heavy atom. The number of ketones is 1. The monoisotopic (exact) mass is 355 g/mol.